The first kappa shape index (κ1) is 15.3. The van der Waals surface area contributed by atoms with E-state index in [1.165, 1.54) is 12.1 Å². The fourth-order valence-corrected chi connectivity index (χ4v) is 2.75. The van der Waals surface area contributed by atoms with Crippen LogP contribution in [0.1, 0.15) is 32.1 Å². The van der Waals surface area contributed by atoms with Crippen molar-refractivity contribution in [2.75, 3.05) is 11.9 Å². The van der Waals surface area contributed by atoms with Gasteiger partial charge >= 0.3 is 6.03 Å². The molecule has 0 bridgehead atoms. The molecule has 0 aliphatic heterocycles. The van der Waals surface area contributed by atoms with Crippen LogP contribution in [-0.2, 0) is 0 Å². The van der Waals surface area contributed by atoms with Crippen molar-refractivity contribution in [3.8, 4) is 0 Å². The van der Waals surface area contributed by atoms with Crippen molar-refractivity contribution in [3.63, 3.8) is 0 Å². The van der Waals surface area contributed by atoms with Crippen LogP contribution in [0.4, 0.5) is 14.9 Å². The van der Waals surface area contributed by atoms with E-state index in [4.69, 9.17) is 0 Å². The number of amides is 2. The quantitative estimate of drug-likeness (QED) is 0.786. The molecule has 1 aromatic rings. The van der Waals surface area contributed by atoms with Crippen LogP contribution in [0, 0.1) is 5.82 Å². The standard InChI is InChI=1S/C14H18BrFN2O2/c15-10-4-5-11(16)12(8-10)18-13(19)17-9-14(20)6-2-1-3-7-14/h4-5,8,20H,1-3,6-7,9H2,(H2,17,18,19). The zero-order chi connectivity index (χ0) is 14.6. The molecule has 0 atom stereocenters. The third-order valence-electron chi connectivity index (χ3n) is 3.54. The lowest BCUT2D eigenvalue weighted by atomic mass is 9.85. The van der Waals surface area contributed by atoms with Gasteiger partial charge in [-0.25, -0.2) is 9.18 Å². The van der Waals surface area contributed by atoms with Crippen molar-refractivity contribution in [3.05, 3.63) is 28.5 Å². The minimum atomic E-state index is -0.828. The van der Waals surface area contributed by atoms with Crippen molar-refractivity contribution in [2.24, 2.45) is 0 Å². The van der Waals surface area contributed by atoms with Gasteiger partial charge in [0.2, 0.25) is 0 Å². The van der Waals surface area contributed by atoms with Crippen LogP contribution in [0.25, 0.3) is 0 Å². The van der Waals surface area contributed by atoms with Crippen LogP contribution in [0.2, 0.25) is 0 Å². The van der Waals surface area contributed by atoms with Crippen LogP contribution < -0.4 is 10.6 Å². The average molecular weight is 345 g/mol. The lowest BCUT2D eigenvalue weighted by Crippen LogP contribution is -2.45. The number of anilines is 1. The summed E-state index contributed by atoms with van der Waals surface area (Å²) in [6, 6.07) is 3.81. The Kier molecular flexibility index (Phi) is 4.99. The van der Waals surface area contributed by atoms with E-state index in [9.17, 15) is 14.3 Å². The van der Waals surface area contributed by atoms with Crippen molar-refractivity contribution in [1.29, 1.82) is 0 Å². The van der Waals surface area contributed by atoms with Crippen molar-refractivity contribution >= 4 is 27.6 Å². The summed E-state index contributed by atoms with van der Waals surface area (Å²) < 4.78 is 14.2. The molecule has 0 unspecified atom stereocenters. The Morgan fingerprint density at radius 1 is 1.35 bits per heavy atom. The molecule has 1 fully saturated rings. The summed E-state index contributed by atoms with van der Waals surface area (Å²) in [5.74, 6) is -0.500. The van der Waals surface area contributed by atoms with Gasteiger partial charge in [-0.05, 0) is 31.0 Å². The summed E-state index contributed by atoms with van der Waals surface area (Å²) in [4.78, 5) is 11.7. The first-order chi connectivity index (χ1) is 9.48. The highest BCUT2D eigenvalue weighted by Crippen LogP contribution is 2.27. The fraction of sp³-hybridized carbons (Fsp3) is 0.500. The molecule has 1 aromatic carbocycles. The molecule has 0 aromatic heterocycles. The van der Waals surface area contributed by atoms with Gasteiger partial charge in [-0.3, -0.25) is 0 Å². The van der Waals surface area contributed by atoms with Gasteiger partial charge in [-0.2, -0.15) is 0 Å². The number of rotatable bonds is 3. The summed E-state index contributed by atoms with van der Waals surface area (Å²) in [5, 5.41) is 15.3. The number of benzene rings is 1. The summed E-state index contributed by atoms with van der Waals surface area (Å²) in [5.41, 5.74) is -0.724. The summed E-state index contributed by atoms with van der Waals surface area (Å²) in [7, 11) is 0. The van der Waals surface area contributed by atoms with Crippen molar-refractivity contribution in [2.45, 2.75) is 37.7 Å². The zero-order valence-electron chi connectivity index (χ0n) is 11.1. The summed E-state index contributed by atoms with van der Waals surface area (Å²) in [6.45, 7) is 0.189. The molecule has 2 rings (SSSR count). The number of carbonyl (C=O) groups excluding carboxylic acids is 1. The molecule has 2 amide bonds. The molecule has 4 nitrogen and oxygen atoms in total. The lowest BCUT2D eigenvalue weighted by Gasteiger charge is -2.32. The number of hydrogen-bond donors (Lipinski definition) is 3. The van der Waals surface area contributed by atoms with Crippen LogP contribution in [-0.4, -0.2) is 23.3 Å². The molecule has 20 heavy (non-hydrogen) atoms. The maximum absolute atomic E-state index is 13.5. The van der Waals surface area contributed by atoms with Crippen LogP contribution in [0.5, 0.6) is 0 Å². The predicted molar refractivity (Wildman–Crippen MR) is 79.2 cm³/mol. The van der Waals surface area contributed by atoms with Gasteiger partial charge in [0.05, 0.1) is 11.3 Å². The Hall–Kier alpha value is -1.14. The van der Waals surface area contributed by atoms with Gasteiger partial charge in [0, 0.05) is 11.0 Å². The monoisotopic (exact) mass is 344 g/mol. The molecule has 0 heterocycles. The van der Waals surface area contributed by atoms with Crippen LogP contribution in [0.3, 0.4) is 0 Å². The van der Waals surface area contributed by atoms with Gasteiger partial charge in [0.15, 0.2) is 0 Å². The van der Waals surface area contributed by atoms with Crippen LogP contribution in [0.15, 0.2) is 22.7 Å². The Labute approximate surface area is 125 Å². The molecule has 1 saturated carbocycles. The highest BCUT2D eigenvalue weighted by atomic mass is 79.9. The molecule has 0 saturated heterocycles. The molecule has 1 aliphatic rings. The van der Waals surface area contributed by atoms with Gasteiger partial charge in [0.1, 0.15) is 5.82 Å². The topological polar surface area (TPSA) is 61.4 Å². The lowest BCUT2D eigenvalue weighted by molar-refractivity contribution is 0.00755. The van der Waals surface area contributed by atoms with E-state index in [0.717, 1.165) is 19.3 Å². The highest BCUT2D eigenvalue weighted by Gasteiger charge is 2.29. The third kappa shape index (κ3) is 4.18. The van der Waals surface area contributed by atoms with E-state index in [1.54, 1.807) is 6.07 Å². The number of hydrogen-bond acceptors (Lipinski definition) is 2. The van der Waals surface area contributed by atoms with Crippen molar-refractivity contribution < 1.29 is 14.3 Å². The van der Waals surface area contributed by atoms with E-state index in [1.807, 2.05) is 0 Å². The molecule has 1 aliphatic carbocycles. The normalized spacial score (nSPS) is 17.6. The van der Waals surface area contributed by atoms with E-state index in [0.29, 0.717) is 17.3 Å². The van der Waals surface area contributed by atoms with Gasteiger partial charge in [-0.1, -0.05) is 35.2 Å². The predicted octanol–water partition coefficient (Wildman–Crippen LogP) is 3.40. The third-order valence-corrected chi connectivity index (χ3v) is 4.03. The first-order valence-corrected chi connectivity index (χ1v) is 7.50. The number of halogens is 2. The largest absolute Gasteiger partial charge is 0.388 e. The number of nitrogens with one attached hydrogen (secondary N) is 2. The second kappa shape index (κ2) is 6.54. The minimum Gasteiger partial charge on any atom is -0.388 e. The maximum Gasteiger partial charge on any atom is 0.319 e. The smallest absolute Gasteiger partial charge is 0.319 e. The Balaban J connectivity index is 1.87. The molecular weight excluding hydrogens is 327 g/mol. The summed E-state index contributed by atoms with van der Waals surface area (Å²) in [6.07, 6.45) is 4.45. The number of urea groups is 1. The second-order valence-electron chi connectivity index (χ2n) is 5.22. The molecule has 0 spiro atoms. The second-order valence-corrected chi connectivity index (χ2v) is 6.13. The zero-order valence-corrected chi connectivity index (χ0v) is 12.7. The van der Waals surface area contributed by atoms with E-state index in [-0.39, 0.29) is 12.2 Å². The molecular formula is C14H18BrFN2O2. The molecule has 3 N–H and O–H groups in total. The maximum atomic E-state index is 13.5. The van der Waals surface area contributed by atoms with Crippen molar-refractivity contribution in [1.82, 2.24) is 5.32 Å². The Morgan fingerprint density at radius 3 is 2.75 bits per heavy atom. The van der Waals surface area contributed by atoms with E-state index < -0.39 is 17.4 Å². The van der Waals surface area contributed by atoms with Gasteiger partial charge in [0.25, 0.3) is 0 Å². The van der Waals surface area contributed by atoms with Crippen LogP contribution >= 0.6 is 15.9 Å². The highest BCUT2D eigenvalue weighted by molar-refractivity contribution is 9.10. The fourth-order valence-electron chi connectivity index (χ4n) is 2.39. The van der Waals surface area contributed by atoms with Gasteiger partial charge < -0.3 is 15.7 Å². The summed E-state index contributed by atoms with van der Waals surface area (Å²) >= 11 is 3.22. The minimum absolute atomic E-state index is 0.104. The Bertz CT molecular complexity index is 490. The molecule has 110 valence electrons. The number of carbonyl (C=O) groups is 1. The molecule has 0 radical (unpaired) electrons. The Morgan fingerprint density at radius 2 is 2.05 bits per heavy atom. The number of aliphatic hydroxyl groups is 1. The first-order valence-electron chi connectivity index (χ1n) is 6.71. The molecule has 6 heteroatoms. The SMILES string of the molecule is O=C(NCC1(O)CCCCC1)Nc1cc(Br)ccc1F. The average Bonchev–Trinajstić information content (AvgIpc) is 2.42. The van der Waals surface area contributed by atoms with Gasteiger partial charge in [-0.15, -0.1) is 0 Å². The van der Waals surface area contributed by atoms with E-state index >= 15 is 0 Å². The van der Waals surface area contributed by atoms with E-state index in [2.05, 4.69) is 26.6 Å².